The summed E-state index contributed by atoms with van der Waals surface area (Å²) < 4.78 is 0. The van der Waals surface area contributed by atoms with Gasteiger partial charge < -0.3 is 0 Å². The van der Waals surface area contributed by atoms with Crippen molar-refractivity contribution in [2.45, 2.75) is 20.8 Å². The zero-order valence-electron chi connectivity index (χ0n) is 13.5. The molecule has 0 saturated carbocycles. The summed E-state index contributed by atoms with van der Waals surface area (Å²) in [7, 11) is 0. The Bertz CT molecular complexity index is 731. The van der Waals surface area contributed by atoms with Crippen molar-refractivity contribution in [2.24, 2.45) is 0 Å². The van der Waals surface area contributed by atoms with E-state index in [1.165, 1.54) is 0 Å². The van der Waals surface area contributed by atoms with Gasteiger partial charge in [0, 0.05) is 18.6 Å². The molecule has 0 N–H and O–H groups in total. The van der Waals surface area contributed by atoms with Gasteiger partial charge in [0.05, 0.1) is 11.2 Å². The maximum Gasteiger partial charge on any atom is 0.147 e. The first-order valence-electron chi connectivity index (χ1n) is 6.98. The molecule has 0 radical (unpaired) electrons. The van der Waals surface area contributed by atoms with Gasteiger partial charge in [0.1, 0.15) is 10.3 Å². The highest BCUT2D eigenvalue weighted by molar-refractivity contribution is 6.41. The molecular weight excluding hydrogens is 367 g/mol. The van der Waals surface area contributed by atoms with Crippen LogP contribution in [0, 0.1) is 20.8 Å². The van der Waals surface area contributed by atoms with Crippen LogP contribution in [-0.2, 0) is 0 Å². The lowest BCUT2D eigenvalue weighted by Crippen LogP contribution is -1.77. The van der Waals surface area contributed by atoms with E-state index in [1.54, 1.807) is 30.9 Å². The lowest BCUT2D eigenvalue weighted by molar-refractivity contribution is 1.01. The number of hydrogen-bond donors (Lipinski definition) is 0. The Morgan fingerprint density at radius 2 is 1.50 bits per heavy atom. The van der Waals surface area contributed by atoms with Crippen molar-refractivity contribution < 1.29 is 0 Å². The van der Waals surface area contributed by atoms with Gasteiger partial charge in [0.15, 0.2) is 0 Å². The molecule has 0 amide bonds. The molecule has 3 aromatic rings. The highest BCUT2D eigenvalue weighted by Gasteiger charge is 1.95. The molecule has 0 unspecified atom stereocenters. The number of pyridine rings is 2. The second-order valence-corrected chi connectivity index (χ2v) is 5.94. The maximum atomic E-state index is 5.62. The fourth-order valence-corrected chi connectivity index (χ4v) is 1.78. The van der Waals surface area contributed by atoms with Crippen molar-refractivity contribution in [1.82, 2.24) is 20.2 Å². The standard InChI is InChI=1S/C6H5Cl2N.C6H6ClN.C5H6N2/c1-4-2-5(7)6(8)9-3-4;1-5-3-2-4-8-6(5)7;1-5-2-3-6-7-4-5/h2-3H,1H3;2-4H,1H3;2-4H,1H3. The summed E-state index contributed by atoms with van der Waals surface area (Å²) in [5.41, 5.74) is 3.19. The van der Waals surface area contributed by atoms with Crippen molar-refractivity contribution in [2.75, 3.05) is 0 Å². The number of aromatic nitrogens is 4. The number of nitrogens with zero attached hydrogens (tertiary/aromatic N) is 4. The highest BCUT2D eigenvalue weighted by atomic mass is 35.5. The average Bonchev–Trinajstić information content (AvgIpc) is 2.56. The first-order valence-corrected chi connectivity index (χ1v) is 8.11. The minimum absolute atomic E-state index is 0.363. The van der Waals surface area contributed by atoms with E-state index >= 15 is 0 Å². The van der Waals surface area contributed by atoms with Crippen molar-refractivity contribution in [3.05, 3.63) is 81.1 Å². The molecule has 3 aromatic heterocycles. The van der Waals surface area contributed by atoms with Crippen LogP contribution in [0.2, 0.25) is 15.3 Å². The first kappa shape index (κ1) is 20.3. The second-order valence-electron chi connectivity index (χ2n) is 4.82. The Kier molecular flexibility index (Phi) is 9.23. The van der Waals surface area contributed by atoms with E-state index < -0.39 is 0 Å². The lowest BCUT2D eigenvalue weighted by Gasteiger charge is -1.93. The monoisotopic (exact) mass is 382 g/mol. The molecular formula is C17H17Cl3N4. The Labute approximate surface area is 156 Å². The quantitative estimate of drug-likeness (QED) is 0.479. The van der Waals surface area contributed by atoms with Crippen LogP contribution in [0.1, 0.15) is 16.7 Å². The summed E-state index contributed by atoms with van der Waals surface area (Å²) in [6.07, 6.45) is 6.75. The van der Waals surface area contributed by atoms with Gasteiger partial charge >= 0.3 is 0 Å². The maximum absolute atomic E-state index is 5.62. The third-order valence-electron chi connectivity index (χ3n) is 2.61. The summed E-state index contributed by atoms with van der Waals surface area (Å²) in [5, 5.41) is 8.69. The second kappa shape index (κ2) is 10.9. The van der Waals surface area contributed by atoms with Crippen LogP contribution < -0.4 is 0 Å². The van der Waals surface area contributed by atoms with E-state index in [-0.39, 0.29) is 0 Å². The van der Waals surface area contributed by atoms with Gasteiger partial charge in [-0.25, -0.2) is 9.97 Å². The SMILES string of the molecule is Cc1cccnc1Cl.Cc1ccnnc1.Cc1cnc(Cl)c(Cl)c1. The molecule has 0 saturated heterocycles. The van der Waals surface area contributed by atoms with E-state index in [0.29, 0.717) is 15.3 Å². The van der Waals surface area contributed by atoms with Crippen molar-refractivity contribution in [3.8, 4) is 0 Å². The summed E-state index contributed by atoms with van der Waals surface area (Å²) in [5.74, 6) is 0. The third-order valence-corrected chi connectivity index (χ3v) is 3.69. The van der Waals surface area contributed by atoms with E-state index in [0.717, 1.165) is 16.7 Å². The van der Waals surface area contributed by atoms with E-state index in [4.69, 9.17) is 34.8 Å². The van der Waals surface area contributed by atoms with Gasteiger partial charge in [-0.05, 0) is 55.7 Å². The third kappa shape index (κ3) is 8.20. The number of halogens is 3. The molecule has 0 aliphatic rings. The van der Waals surface area contributed by atoms with Gasteiger partial charge in [-0.15, -0.1) is 0 Å². The Morgan fingerprint density at radius 1 is 0.750 bits per heavy atom. The fraction of sp³-hybridized carbons (Fsp3) is 0.176. The van der Waals surface area contributed by atoms with Gasteiger partial charge in [0.2, 0.25) is 0 Å². The van der Waals surface area contributed by atoms with Crippen molar-refractivity contribution >= 4 is 34.8 Å². The highest BCUT2D eigenvalue weighted by Crippen LogP contribution is 2.18. The van der Waals surface area contributed by atoms with Gasteiger partial charge in [-0.1, -0.05) is 40.9 Å². The Balaban J connectivity index is 0.000000181. The predicted molar refractivity (Wildman–Crippen MR) is 99.7 cm³/mol. The molecule has 0 bridgehead atoms. The van der Waals surface area contributed by atoms with E-state index in [2.05, 4.69) is 20.2 Å². The fourth-order valence-electron chi connectivity index (χ4n) is 1.34. The number of hydrogen-bond acceptors (Lipinski definition) is 4. The molecule has 0 aromatic carbocycles. The van der Waals surface area contributed by atoms with Crippen molar-refractivity contribution in [1.29, 1.82) is 0 Å². The minimum Gasteiger partial charge on any atom is -0.244 e. The molecule has 0 atom stereocenters. The molecule has 0 aliphatic carbocycles. The summed E-state index contributed by atoms with van der Waals surface area (Å²) >= 11 is 16.8. The summed E-state index contributed by atoms with van der Waals surface area (Å²) in [6.45, 7) is 5.82. The van der Waals surface area contributed by atoms with Gasteiger partial charge in [-0.2, -0.15) is 10.2 Å². The normalized spacial score (nSPS) is 9.25. The number of rotatable bonds is 0. The van der Waals surface area contributed by atoms with Gasteiger partial charge in [0.25, 0.3) is 0 Å². The molecule has 7 heteroatoms. The minimum atomic E-state index is 0.363. The predicted octanol–water partition coefficient (Wildman–Crippen LogP) is 5.53. The molecule has 24 heavy (non-hydrogen) atoms. The topological polar surface area (TPSA) is 51.6 Å². The Hall–Kier alpha value is -1.75. The molecule has 3 rings (SSSR count). The summed E-state index contributed by atoms with van der Waals surface area (Å²) in [4.78, 5) is 7.66. The zero-order chi connectivity index (χ0) is 17.9. The van der Waals surface area contributed by atoms with Crippen LogP contribution in [-0.4, -0.2) is 20.2 Å². The van der Waals surface area contributed by atoms with E-state index in [9.17, 15) is 0 Å². The molecule has 4 nitrogen and oxygen atoms in total. The zero-order valence-corrected chi connectivity index (χ0v) is 15.8. The van der Waals surface area contributed by atoms with Crippen LogP contribution in [0.25, 0.3) is 0 Å². The molecule has 126 valence electrons. The first-order chi connectivity index (χ1) is 11.4. The molecule has 0 spiro atoms. The van der Waals surface area contributed by atoms with Gasteiger partial charge in [-0.3, -0.25) is 0 Å². The average molecular weight is 384 g/mol. The van der Waals surface area contributed by atoms with Crippen LogP contribution in [0.3, 0.4) is 0 Å². The molecule has 0 fully saturated rings. The molecule has 0 aliphatic heterocycles. The van der Waals surface area contributed by atoms with Crippen molar-refractivity contribution in [3.63, 3.8) is 0 Å². The van der Waals surface area contributed by atoms with Crippen LogP contribution in [0.4, 0.5) is 0 Å². The lowest BCUT2D eigenvalue weighted by atomic mass is 10.3. The largest absolute Gasteiger partial charge is 0.244 e. The Morgan fingerprint density at radius 3 is 1.88 bits per heavy atom. The number of aryl methyl sites for hydroxylation is 3. The summed E-state index contributed by atoms with van der Waals surface area (Å²) in [6, 6.07) is 7.47. The van der Waals surface area contributed by atoms with E-state index in [1.807, 2.05) is 39.0 Å². The smallest absolute Gasteiger partial charge is 0.147 e. The van der Waals surface area contributed by atoms with Crippen LogP contribution in [0.15, 0.2) is 49.1 Å². The van der Waals surface area contributed by atoms with Crippen LogP contribution >= 0.6 is 34.8 Å². The van der Waals surface area contributed by atoms with Crippen LogP contribution in [0.5, 0.6) is 0 Å². The molecule has 3 heterocycles.